The lowest BCUT2D eigenvalue weighted by atomic mass is 10.0. The van der Waals surface area contributed by atoms with Crippen molar-refractivity contribution in [1.82, 2.24) is 14.5 Å². The molecule has 6 nitrogen and oxygen atoms in total. The summed E-state index contributed by atoms with van der Waals surface area (Å²) in [5, 5.41) is 1.83. The van der Waals surface area contributed by atoms with Crippen molar-refractivity contribution < 1.29 is 14.0 Å². The molecule has 0 radical (unpaired) electrons. The molecule has 6 heteroatoms. The van der Waals surface area contributed by atoms with Gasteiger partial charge in [-0.1, -0.05) is 60.7 Å². The van der Waals surface area contributed by atoms with Crippen LogP contribution in [0.2, 0.25) is 0 Å². The molecule has 158 valence electrons. The van der Waals surface area contributed by atoms with Gasteiger partial charge in [-0.25, -0.2) is 0 Å². The zero-order chi connectivity index (χ0) is 22.5. The fourth-order valence-electron chi connectivity index (χ4n) is 4.11. The van der Waals surface area contributed by atoms with Crippen LogP contribution >= 0.6 is 0 Å². The summed E-state index contributed by atoms with van der Waals surface area (Å²) < 4.78 is 7.56. The molecule has 1 aliphatic carbocycles. The highest BCUT2D eigenvalue weighted by Gasteiger charge is 2.34. The molecule has 0 unspecified atom stereocenters. The van der Waals surface area contributed by atoms with Crippen LogP contribution in [0.3, 0.4) is 0 Å². The maximum Gasteiger partial charge on any atom is 0.267 e. The number of oxazole rings is 1. The monoisotopic (exact) mass is 431 g/mol. The molecule has 0 N–H and O–H groups in total. The van der Waals surface area contributed by atoms with Gasteiger partial charge >= 0.3 is 0 Å². The third-order valence-corrected chi connectivity index (χ3v) is 5.84. The van der Waals surface area contributed by atoms with Crippen molar-refractivity contribution in [3.8, 4) is 0 Å². The summed E-state index contributed by atoms with van der Waals surface area (Å²) in [7, 11) is 1.84. The minimum Gasteiger partial charge on any atom is -0.417 e. The van der Waals surface area contributed by atoms with Crippen LogP contribution in [0.4, 0.5) is 0 Å². The van der Waals surface area contributed by atoms with Gasteiger partial charge in [-0.2, -0.15) is 9.97 Å². The average Bonchev–Trinajstić information content (AvgIpc) is 3.44. The van der Waals surface area contributed by atoms with Gasteiger partial charge in [0.1, 0.15) is 5.82 Å². The number of benzene rings is 3. The number of ketones is 2. The van der Waals surface area contributed by atoms with E-state index in [-0.39, 0.29) is 23.0 Å². The minimum atomic E-state index is -0.317. The molecule has 0 amide bonds. The number of carbonyl (C=O) groups is 2. The quantitative estimate of drug-likeness (QED) is 0.284. The van der Waals surface area contributed by atoms with Crippen LogP contribution < -0.4 is 0 Å². The molecule has 1 aliphatic rings. The SMILES string of the molecule is Cn1c(/C=C/c2ccccc2)nc2oc(C=C3C(=O)c4cc5ccccc5cc4C3=O)nc21. The first-order chi connectivity index (χ1) is 16.1. The molecule has 0 atom stereocenters. The number of fused-ring (bicyclic) bond motifs is 3. The molecule has 0 bridgehead atoms. The Morgan fingerprint density at radius 1 is 0.818 bits per heavy atom. The van der Waals surface area contributed by atoms with Crippen LogP contribution in [0.15, 0.2) is 76.7 Å². The van der Waals surface area contributed by atoms with Crippen molar-refractivity contribution in [2.45, 2.75) is 0 Å². The second kappa shape index (κ2) is 7.24. The molecule has 33 heavy (non-hydrogen) atoms. The van der Waals surface area contributed by atoms with Gasteiger partial charge in [0.05, 0.1) is 5.57 Å². The second-order valence-corrected chi connectivity index (χ2v) is 7.92. The molecular formula is C27H17N3O3. The Morgan fingerprint density at radius 2 is 1.45 bits per heavy atom. The lowest BCUT2D eigenvalue weighted by Crippen LogP contribution is -2.00. The van der Waals surface area contributed by atoms with E-state index in [0.29, 0.717) is 28.3 Å². The summed E-state index contributed by atoms with van der Waals surface area (Å²) in [5.41, 5.74) is 2.81. The van der Waals surface area contributed by atoms with E-state index in [2.05, 4.69) is 9.97 Å². The van der Waals surface area contributed by atoms with Gasteiger partial charge in [-0.05, 0) is 34.5 Å². The first kappa shape index (κ1) is 19.1. The van der Waals surface area contributed by atoms with E-state index in [1.807, 2.05) is 73.8 Å². The van der Waals surface area contributed by atoms with E-state index >= 15 is 0 Å². The highest BCUT2D eigenvalue weighted by atomic mass is 16.4. The second-order valence-electron chi connectivity index (χ2n) is 7.92. The number of nitrogens with zero attached hydrogens (tertiary/aromatic N) is 3. The number of Topliss-reactive ketones (excluding diaryl/α,β-unsaturated/α-hetero) is 2. The van der Waals surface area contributed by atoms with Gasteiger partial charge in [-0.15, -0.1) is 0 Å². The Balaban J connectivity index is 1.35. The minimum absolute atomic E-state index is 0.0519. The number of rotatable bonds is 3. The topological polar surface area (TPSA) is 78.0 Å². The van der Waals surface area contributed by atoms with Crippen molar-refractivity contribution in [2.75, 3.05) is 0 Å². The Hall–Kier alpha value is -4.58. The van der Waals surface area contributed by atoms with Gasteiger partial charge in [0.2, 0.25) is 11.5 Å². The number of carbonyl (C=O) groups excluding carboxylic acids is 2. The highest BCUT2D eigenvalue weighted by Crippen LogP contribution is 2.32. The van der Waals surface area contributed by atoms with Crippen molar-refractivity contribution >= 4 is 51.9 Å². The van der Waals surface area contributed by atoms with Gasteiger partial charge in [0.15, 0.2) is 11.6 Å². The predicted molar refractivity (Wildman–Crippen MR) is 127 cm³/mol. The molecule has 0 saturated heterocycles. The average molecular weight is 431 g/mol. The van der Waals surface area contributed by atoms with Crippen molar-refractivity contribution in [1.29, 1.82) is 0 Å². The zero-order valence-electron chi connectivity index (χ0n) is 17.6. The summed E-state index contributed by atoms with van der Waals surface area (Å²) in [6.07, 6.45) is 5.26. The lowest BCUT2D eigenvalue weighted by Gasteiger charge is -2.00. The van der Waals surface area contributed by atoms with Gasteiger partial charge in [0.25, 0.3) is 5.71 Å². The fraction of sp³-hybridized carbons (Fsp3) is 0.0370. The van der Waals surface area contributed by atoms with E-state index in [1.165, 1.54) is 6.08 Å². The number of aryl methyl sites for hydroxylation is 1. The fourth-order valence-corrected chi connectivity index (χ4v) is 4.11. The summed E-state index contributed by atoms with van der Waals surface area (Å²) in [5.74, 6) is 0.229. The number of allylic oxidation sites excluding steroid dienone is 1. The van der Waals surface area contributed by atoms with Crippen LogP contribution in [-0.2, 0) is 7.05 Å². The van der Waals surface area contributed by atoms with E-state index < -0.39 is 0 Å². The standard InChI is InChI=1S/C27H17N3O3/c1-30-22(12-11-16-7-3-2-4-8-16)28-27-26(30)29-23(33-27)15-21-24(31)19-13-17-9-5-6-10-18(17)14-20(19)25(21)32/h2-15H,1H3/b12-11+. The highest BCUT2D eigenvalue weighted by molar-refractivity contribution is 6.42. The van der Waals surface area contributed by atoms with Crippen molar-refractivity contribution in [3.05, 3.63) is 101 Å². The Labute approximate surface area is 188 Å². The lowest BCUT2D eigenvalue weighted by molar-refractivity contribution is 0.0990. The van der Waals surface area contributed by atoms with E-state index in [0.717, 1.165) is 16.3 Å². The maximum atomic E-state index is 13.0. The van der Waals surface area contributed by atoms with Crippen LogP contribution in [0.25, 0.3) is 40.4 Å². The van der Waals surface area contributed by atoms with E-state index in [4.69, 9.17) is 4.42 Å². The first-order valence-corrected chi connectivity index (χ1v) is 10.5. The van der Waals surface area contributed by atoms with Crippen LogP contribution in [0, 0.1) is 0 Å². The van der Waals surface area contributed by atoms with Gasteiger partial charge < -0.3 is 8.98 Å². The zero-order valence-corrected chi connectivity index (χ0v) is 17.6. The largest absolute Gasteiger partial charge is 0.417 e. The molecule has 3 aromatic carbocycles. The van der Waals surface area contributed by atoms with Crippen LogP contribution in [-0.4, -0.2) is 26.1 Å². The molecule has 0 spiro atoms. The first-order valence-electron chi connectivity index (χ1n) is 10.5. The Morgan fingerprint density at radius 3 is 2.09 bits per heavy atom. The smallest absolute Gasteiger partial charge is 0.267 e. The normalized spacial score (nSPS) is 13.5. The third-order valence-electron chi connectivity index (χ3n) is 5.84. The molecule has 0 aliphatic heterocycles. The van der Waals surface area contributed by atoms with Crippen molar-refractivity contribution in [3.63, 3.8) is 0 Å². The van der Waals surface area contributed by atoms with E-state index in [9.17, 15) is 9.59 Å². The molecule has 0 fully saturated rings. The Kier molecular flexibility index (Phi) is 4.20. The molecule has 6 rings (SSSR count). The number of imidazole rings is 1. The summed E-state index contributed by atoms with van der Waals surface area (Å²) in [4.78, 5) is 34.9. The Bertz CT molecular complexity index is 1600. The van der Waals surface area contributed by atoms with Gasteiger partial charge in [-0.3, -0.25) is 9.59 Å². The van der Waals surface area contributed by atoms with Crippen molar-refractivity contribution in [2.24, 2.45) is 7.05 Å². The van der Waals surface area contributed by atoms with Crippen LogP contribution in [0.1, 0.15) is 38.0 Å². The molecule has 2 aromatic heterocycles. The maximum absolute atomic E-state index is 13.0. The van der Waals surface area contributed by atoms with Gasteiger partial charge in [0, 0.05) is 24.3 Å². The molecule has 5 aromatic rings. The predicted octanol–water partition coefficient (Wildman–Crippen LogP) is 5.35. The number of hydrogen-bond acceptors (Lipinski definition) is 5. The van der Waals surface area contributed by atoms with E-state index in [1.54, 1.807) is 16.7 Å². The third kappa shape index (κ3) is 3.11. The summed E-state index contributed by atoms with van der Waals surface area (Å²) in [6, 6.07) is 21.1. The number of hydrogen-bond donors (Lipinski definition) is 0. The number of aromatic nitrogens is 3. The summed E-state index contributed by atoms with van der Waals surface area (Å²) >= 11 is 0. The van der Waals surface area contributed by atoms with Crippen LogP contribution in [0.5, 0.6) is 0 Å². The molecule has 0 saturated carbocycles. The summed E-state index contributed by atoms with van der Waals surface area (Å²) in [6.45, 7) is 0. The molecule has 2 heterocycles. The molecular weight excluding hydrogens is 414 g/mol.